The van der Waals surface area contributed by atoms with E-state index >= 15 is 0 Å². The van der Waals surface area contributed by atoms with Gasteiger partial charge in [-0.2, -0.15) is 13.2 Å². The van der Waals surface area contributed by atoms with Crippen LogP contribution in [-0.2, 0) is 22.2 Å². The number of piperidine rings is 1. The highest BCUT2D eigenvalue weighted by atomic mass is 32.2. The number of nitrogens with zero attached hydrogens (tertiary/aromatic N) is 2. The van der Waals surface area contributed by atoms with Crippen molar-refractivity contribution in [1.29, 1.82) is 0 Å². The number of anilines is 1. The smallest absolute Gasteiger partial charge is 0.353 e. The summed E-state index contributed by atoms with van der Waals surface area (Å²) in [6, 6.07) is 22.5. The number of hydrogen-bond donors (Lipinski definition) is 1. The number of alkyl halides is 3. The molecule has 9 heteroatoms. The first-order valence-electron chi connectivity index (χ1n) is 13.8. The van der Waals surface area contributed by atoms with Gasteiger partial charge in [-0.05, 0) is 79.7 Å². The minimum atomic E-state index is -4.43. The first-order valence-corrected chi connectivity index (χ1v) is 14.6. The SMILES string of the molecule is O=C(CN1C(=O)C(=Cc2ccc(C(F)(F)F)cc2)Sc2ccccc21)NCCN1CCC(Cc2ccccc2)CC1. The maximum absolute atomic E-state index is 13.4. The number of amides is 2. The average molecular weight is 580 g/mol. The van der Waals surface area contributed by atoms with E-state index in [1.165, 1.54) is 34.4 Å². The lowest BCUT2D eigenvalue weighted by atomic mass is 9.90. The number of benzene rings is 3. The molecule has 0 bridgehead atoms. The van der Waals surface area contributed by atoms with Crippen molar-refractivity contribution in [2.24, 2.45) is 5.92 Å². The number of hydrogen-bond acceptors (Lipinski definition) is 4. The van der Waals surface area contributed by atoms with Crippen molar-refractivity contribution in [3.05, 3.63) is 100 Å². The second-order valence-corrected chi connectivity index (χ2v) is 11.5. The first kappa shape index (κ1) is 29.0. The molecule has 2 aliphatic rings. The van der Waals surface area contributed by atoms with Crippen LogP contribution in [0.2, 0.25) is 0 Å². The van der Waals surface area contributed by atoms with E-state index in [1.807, 2.05) is 24.3 Å². The van der Waals surface area contributed by atoms with Gasteiger partial charge in [0.25, 0.3) is 5.91 Å². The predicted octanol–water partition coefficient (Wildman–Crippen LogP) is 6.26. The predicted molar refractivity (Wildman–Crippen MR) is 156 cm³/mol. The van der Waals surface area contributed by atoms with E-state index in [-0.39, 0.29) is 18.4 Å². The van der Waals surface area contributed by atoms with Crippen LogP contribution in [0.25, 0.3) is 6.08 Å². The van der Waals surface area contributed by atoms with Crippen molar-refractivity contribution in [1.82, 2.24) is 10.2 Å². The zero-order valence-electron chi connectivity index (χ0n) is 22.6. The molecule has 1 N–H and O–H groups in total. The summed E-state index contributed by atoms with van der Waals surface area (Å²) < 4.78 is 38.8. The number of fused-ring (bicyclic) bond motifs is 1. The Morgan fingerprint density at radius 1 is 0.951 bits per heavy atom. The van der Waals surface area contributed by atoms with Crippen molar-refractivity contribution < 1.29 is 22.8 Å². The normalized spacial score (nSPS) is 17.5. The van der Waals surface area contributed by atoms with Gasteiger partial charge in [-0.15, -0.1) is 0 Å². The zero-order chi connectivity index (χ0) is 28.8. The Morgan fingerprint density at radius 3 is 2.34 bits per heavy atom. The highest BCUT2D eigenvalue weighted by molar-refractivity contribution is 8.04. The molecule has 3 aromatic carbocycles. The first-order chi connectivity index (χ1) is 19.8. The Hall–Kier alpha value is -3.56. The minimum absolute atomic E-state index is 0.139. The van der Waals surface area contributed by atoms with Crippen LogP contribution < -0.4 is 10.2 Å². The van der Waals surface area contributed by atoms with Crippen LogP contribution in [0.1, 0.15) is 29.5 Å². The minimum Gasteiger partial charge on any atom is -0.353 e. The van der Waals surface area contributed by atoms with Gasteiger partial charge < -0.3 is 10.2 Å². The molecule has 0 unspecified atom stereocenters. The fourth-order valence-corrected chi connectivity index (χ4v) is 6.31. The number of rotatable bonds is 8. The second-order valence-electron chi connectivity index (χ2n) is 10.4. The average Bonchev–Trinajstić information content (AvgIpc) is 2.96. The maximum Gasteiger partial charge on any atom is 0.416 e. The van der Waals surface area contributed by atoms with E-state index in [4.69, 9.17) is 0 Å². The van der Waals surface area contributed by atoms with Crippen LogP contribution >= 0.6 is 11.8 Å². The Bertz CT molecular complexity index is 1390. The number of carbonyl (C=O) groups excluding carboxylic acids is 2. The number of likely N-dealkylation sites (tertiary alicyclic amines) is 1. The molecule has 1 saturated heterocycles. The summed E-state index contributed by atoms with van der Waals surface area (Å²) in [4.78, 5) is 31.3. The van der Waals surface area contributed by atoms with Gasteiger partial charge in [0.05, 0.1) is 16.2 Å². The Kier molecular flexibility index (Phi) is 9.15. The Labute approximate surface area is 242 Å². The molecule has 1 fully saturated rings. The van der Waals surface area contributed by atoms with Crippen LogP contribution in [-0.4, -0.2) is 49.4 Å². The third-order valence-electron chi connectivity index (χ3n) is 7.49. The third kappa shape index (κ3) is 7.59. The largest absolute Gasteiger partial charge is 0.416 e. The standard InChI is InChI=1S/C32H32F3N3O2S/c33-32(34,35)26-12-10-24(11-13-26)21-29-31(40)38(27-8-4-5-9-28(27)41-29)22-30(39)36-16-19-37-17-14-25(15-18-37)20-23-6-2-1-3-7-23/h1-13,21,25H,14-20,22H2,(H,36,39). The van der Waals surface area contributed by atoms with Gasteiger partial charge in [0.15, 0.2) is 0 Å². The van der Waals surface area contributed by atoms with Crippen LogP contribution in [0.3, 0.4) is 0 Å². The molecule has 0 atom stereocenters. The molecular weight excluding hydrogens is 547 g/mol. The molecule has 2 aliphatic heterocycles. The van der Waals surface area contributed by atoms with E-state index in [0.717, 1.165) is 55.9 Å². The monoisotopic (exact) mass is 579 g/mol. The fraction of sp³-hybridized carbons (Fsp3) is 0.312. The molecule has 0 saturated carbocycles. The number of para-hydroxylation sites is 1. The maximum atomic E-state index is 13.4. The number of carbonyl (C=O) groups is 2. The van der Waals surface area contributed by atoms with E-state index < -0.39 is 11.7 Å². The van der Waals surface area contributed by atoms with Crippen LogP contribution in [0, 0.1) is 5.92 Å². The molecule has 0 radical (unpaired) electrons. The van der Waals surface area contributed by atoms with E-state index in [1.54, 1.807) is 12.1 Å². The second kappa shape index (κ2) is 13.0. The van der Waals surface area contributed by atoms with E-state index in [9.17, 15) is 22.8 Å². The lowest BCUT2D eigenvalue weighted by molar-refractivity contribution is -0.137. The van der Waals surface area contributed by atoms with E-state index in [0.29, 0.717) is 28.6 Å². The fourth-order valence-electron chi connectivity index (χ4n) is 5.25. The highest BCUT2D eigenvalue weighted by Gasteiger charge is 2.32. The van der Waals surface area contributed by atoms with Crippen molar-refractivity contribution >= 4 is 35.3 Å². The number of halogens is 3. The summed E-state index contributed by atoms with van der Waals surface area (Å²) in [6.07, 6.45) is 0.504. The summed E-state index contributed by atoms with van der Waals surface area (Å²) in [5, 5.41) is 2.96. The van der Waals surface area contributed by atoms with Gasteiger partial charge in [-0.3, -0.25) is 14.5 Å². The molecule has 0 spiro atoms. The van der Waals surface area contributed by atoms with Gasteiger partial charge >= 0.3 is 6.18 Å². The quantitative estimate of drug-likeness (QED) is 0.321. The van der Waals surface area contributed by atoms with Gasteiger partial charge in [0, 0.05) is 18.0 Å². The molecule has 5 rings (SSSR count). The molecule has 3 aromatic rings. The summed E-state index contributed by atoms with van der Waals surface area (Å²) in [7, 11) is 0. The molecule has 5 nitrogen and oxygen atoms in total. The highest BCUT2D eigenvalue weighted by Crippen LogP contribution is 2.42. The summed E-state index contributed by atoms with van der Waals surface area (Å²) >= 11 is 1.25. The van der Waals surface area contributed by atoms with Crippen molar-refractivity contribution in [3.63, 3.8) is 0 Å². The van der Waals surface area contributed by atoms with E-state index in [2.05, 4.69) is 34.5 Å². The van der Waals surface area contributed by atoms with Crippen LogP contribution in [0.4, 0.5) is 18.9 Å². The topological polar surface area (TPSA) is 52.7 Å². The van der Waals surface area contributed by atoms with Gasteiger partial charge in [0.1, 0.15) is 6.54 Å². The third-order valence-corrected chi connectivity index (χ3v) is 8.57. The lowest BCUT2D eigenvalue weighted by Crippen LogP contribution is -2.45. The summed E-state index contributed by atoms with van der Waals surface area (Å²) in [5.41, 5.74) is 1.75. The molecule has 0 aromatic heterocycles. The zero-order valence-corrected chi connectivity index (χ0v) is 23.4. The van der Waals surface area contributed by atoms with Crippen molar-refractivity contribution in [2.45, 2.75) is 30.3 Å². The Balaban J connectivity index is 1.15. The van der Waals surface area contributed by atoms with Crippen molar-refractivity contribution in [2.75, 3.05) is 37.6 Å². The van der Waals surface area contributed by atoms with Crippen molar-refractivity contribution in [3.8, 4) is 0 Å². The molecular formula is C32H32F3N3O2S. The molecule has 214 valence electrons. The number of thioether (sulfide) groups is 1. The van der Waals surface area contributed by atoms with Gasteiger partial charge in [-0.25, -0.2) is 0 Å². The lowest BCUT2D eigenvalue weighted by Gasteiger charge is -2.32. The van der Waals surface area contributed by atoms with Gasteiger partial charge in [0.2, 0.25) is 5.91 Å². The summed E-state index contributed by atoms with van der Waals surface area (Å²) in [6.45, 7) is 3.11. The molecule has 0 aliphatic carbocycles. The summed E-state index contributed by atoms with van der Waals surface area (Å²) in [5.74, 6) is 0.0632. The van der Waals surface area contributed by atoms with Crippen LogP contribution in [0.15, 0.2) is 88.7 Å². The van der Waals surface area contributed by atoms with Gasteiger partial charge in [-0.1, -0.05) is 66.4 Å². The van der Waals surface area contributed by atoms with Crippen LogP contribution in [0.5, 0.6) is 0 Å². The Morgan fingerprint density at radius 2 is 1.63 bits per heavy atom. The molecule has 2 amide bonds. The molecule has 2 heterocycles. The molecule has 41 heavy (non-hydrogen) atoms. The number of nitrogens with one attached hydrogen (secondary N) is 1.